The lowest BCUT2D eigenvalue weighted by molar-refractivity contribution is 0.164. The van der Waals surface area contributed by atoms with Crippen LogP contribution in [0.3, 0.4) is 0 Å². The summed E-state index contributed by atoms with van der Waals surface area (Å²) in [6, 6.07) is 0.505. The zero-order valence-electron chi connectivity index (χ0n) is 7.68. The van der Waals surface area contributed by atoms with Crippen LogP contribution in [0.15, 0.2) is 11.8 Å². The maximum Gasteiger partial charge on any atom is 0.109 e. The summed E-state index contributed by atoms with van der Waals surface area (Å²) >= 11 is 0. The minimum absolute atomic E-state index is 0.505. The molecule has 2 aliphatic rings. The molecule has 2 heteroatoms. The Balaban J connectivity index is 1.98. The second kappa shape index (κ2) is 3.48. The second-order valence-electron chi connectivity index (χ2n) is 3.70. The van der Waals surface area contributed by atoms with E-state index in [9.17, 15) is 0 Å². The van der Waals surface area contributed by atoms with Gasteiger partial charge in [0.25, 0.3) is 0 Å². The van der Waals surface area contributed by atoms with Crippen molar-refractivity contribution in [3.8, 4) is 0 Å². The molecule has 1 aliphatic heterocycles. The van der Waals surface area contributed by atoms with Crippen molar-refractivity contribution in [2.45, 2.75) is 31.7 Å². The van der Waals surface area contributed by atoms with E-state index >= 15 is 0 Å². The quantitative estimate of drug-likeness (QED) is 0.690. The lowest BCUT2D eigenvalue weighted by Gasteiger charge is -2.23. The van der Waals surface area contributed by atoms with Crippen LogP contribution in [0.1, 0.15) is 25.7 Å². The SMILES string of the molecule is CNC(C1=CCCCO1)C1CC1. The molecule has 0 aromatic carbocycles. The largest absolute Gasteiger partial charge is 0.497 e. The first-order valence-electron chi connectivity index (χ1n) is 4.92. The molecule has 0 bridgehead atoms. The van der Waals surface area contributed by atoms with Gasteiger partial charge in [-0.1, -0.05) is 0 Å². The molecule has 1 N–H and O–H groups in total. The summed E-state index contributed by atoms with van der Waals surface area (Å²) in [6.45, 7) is 0.913. The summed E-state index contributed by atoms with van der Waals surface area (Å²) in [5.74, 6) is 2.05. The van der Waals surface area contributed by atoms with Crippen LogP contribution in [0.25, 0.3) is 0 Å². The van der Waals surface area contributed by atoms with Gasteiger partial charge in [0.15, 0.2) is 0 Å². The molecule has 0 aromatic heterocycles. The predicted octanol–water partition coefficient (Wildman–Crippen LogP) is 1.68. The number of rotatable bonds is 3. The van der Waals surface area contributed by atoms with Gasteiger partial charge >= 0.3 is 0 Å². The fraction of sp³-hybridized carbons (Fsp3) is 0.800. The number of ether oxygens (including phenoxy) is 1. The fourth-order valence-electron chi connectivity index (χ4n) is 1.83. The van der Waals surface area contributed by atoms with Crippen molar-refractivity contribution in [2.75, 3.05) is 13.7 Å². The Morgan fingerprint density at radius 1 is 1.58 bits per heavy atom. The summed E-state index contributed by atoms with van der Waals surface area (Å²) in [5.41, 5.74) is 0. The number of nitrogens with one attached hydrogen (secondary N) is 1. The van der Waals surface area contributed by atoms with E-state index in [2.05, 4.69) is 11.4 Å². The monoisotopic (exact) mass is 167 g/mol. The van der Waals surface area contributed by atoms with Gasteiger partial charge in [-0.2, -0.15) is 0 Å². The van der Waals surface area contributed by atoms with Gasteiger partial charge < -0.3 is 10.1 Å². The molecule has 0 aromatic rings. The van der Waals surface area contributed by atoms with Crippen LogP contribution in [0, 0.1) is 5.92 Å². The van der Waals surface area contributed by atoms with Crippen molar-refractivity contribution < 1.29 is 4.74 Å². The van der Waals surface area contributed by atoms with E-state index in [4.69, 9.17) is 4.74 Å². The van der Waals surface area contributed by atoms with E-state index in [1.807, 2.05) is 7.05 Å². The third kappa shape index (κ3) is 1.63. The third-order valence-electron chi connectivity index (χ3n) is 2.67. The van der Waals surface area contributed by atoms with Crippen molar-refractivity contribution in [3.63, 3.8) is 0 Å². The van der Waals surface area contributed by atoms with Gasteiger partial charge in [0.1, 0.15) is 5.76 Å². The zero-order valence-corrected chi connectivity index (χ0v) is 7.68. The molecule has 2 rings (SSSR count). The number of hydrogen-bond donors (Lipinski definition) is 1. The average Bonchev–Trinajstić information content (AvgIpc) is 2.92. The fourth-order valence-corrected chi connectivity index (χ4v) is 1.83. The molecular formula is C10H17NO. The molecule has 2 nitrogen and oxygen atoms in total. The van der Waals surface area contributed by atoms with Gasteiger partial charge in [0.05, 0.1) is 12.6 Å². The highest BCUT2D eigenvalue weighted by atomic mass is 16.5. The maximum absolute atomic E-state index is 5.63. The Labute approximate surface area is 74.0 Å². The standard InChI is InChI=1S/C10H17NO/c1-11-10(8-5-6-8)9-4-2-3-7-12-9/h4,8,10-11H,2-3,5-7H2,1H3. The summed E-state index contributed by atoms with van der Waals surface area (Å²) in [5, 5.41) is 3.34. The van der Waals surface area contributed by atoms with Crippen LogP contribution in [0.2, 0.25) is 0 Å². The van der Waals surface area contributed by atoms with Crippen molar-refractivity contribution in [2.24, 2.45) is 5.92 Å². The van der Waals surface area contributed by atoms with Crippen LogP contribution in [-0.4, -0.2) is 19.7 Å². The number of hydrogen-bond acceptors (Lipinski definition) is 2. The highest BCUT2D eigenvalue weighted by molar-refractivity contribution is 5.10. The molecule has 1 aliphatic carbocycles. The van der Waals surface area contributed by atoms with E-state index in [1.54, 1.807) is 0 Å². The van der Waals surface area contributed by atoms with Crippen molar-refractivity contribution in [3.05, 3.63) is 11.8 Å². The third-order valence-corrected chi connectivity index (χ3v) is 2.67. The normalized spacial score (nSPS) is 25.9. The van der Waals surface area contributed by atoms with Crippen LogP contribution in [0.5, 0.6) is 0 Å². The highest BCUT2D eigenvalue weighted by Gasteiger charge is 2.33. The summed E-state index contributed by atoms with van der Waals surface area (Å²) < 4.78 is 5.63. The van der Waals surface area contributed by atoms with Gasteiger partial charge in [-0.3, -0.25) is 0 Å². The van der Waals surface area contributed by atoms with Crippen LogP contribution < -0.4 is 5.32 Å². The van der Waals surface area contributed by atoms with Gasteiger partial charge in [0.2, 0.25) is 0 Å². The first kappa shape index (κ1) is 8.11. The van der Waals surface area contributed by atoms with Crippen molar-refractivity contribution in [1.82, 2.24) is 5.32 Å². The van der Waals surface area contributed by atoms with Gasteiger partial charge in [-0.15, -0.1) is 0 Å². The van der Waals surface area contributed by atoms with Gasteiger partial charge in [-0.05, 0) is 44.7 Å². The molecule has 0 spiro atoms. The summed E-state index contributed by atoms with van der Waals surface area (Å²) in [4.78, 5) is 0. The molecule has 0 saturated heterocycles. The van der Waals surface area contributed by atoms with E-state index < -0.39 is 0 Å². The molecule has 1 saturated carbocycles. The topological polar surface area (TPSA) is 21.3 Å². The molecule has 0 radical (unpaired) electrons. The molecule has 68 valence electrons. The average molecular weight is 167 g/mol. The highest BCUT2D eigenvalue weighted by Crippen LogP contribution is 2.36. The Bertz CT molecular complexity index is 184. The van der Waals surface area contributed by atoms with Gasteiger partial charge in [0, 0.05) is 0 Å². The van der Waals surface area contributed by atoms with E-state index in [0.29, 0.717) is 6.04 Å². The Hall–Kier alpha value is -0.500. The minimum Gasteiger partial charge on any atom is -0.497 e. The van der Waals surface area contributed by atoms with Crippen molar-refractivity contribution in [1.29, 1.82) is 0 Å². The zero-order chi connectivity index (χ0) is 8.39. The Morgan fingerprint density at radius 3 is 2.92 bits per heavy atom. The van der Waals surface area contributed by atoms with Crippen molar-refractivity contribution >= 4 is 0 Å². The lowest BCUT2D eigenvalue weighted by atomic mass is 10.1. The molecule has 12 heavy (non-hydrogen) atoms. The van der Waals surface area contributed by atoms with E-state index in [-0.39, 0.29) is 0 Å². The molecule has 1 unspecified atom stereocenters. The second-order valence-corrected chi connectivity index (χ2v) is 3.70. The Morgan fingerprint density at radius 2 is 2.42 bits per heavy atom. The maximum atomic E-state index is 5.63. The van der Waals surface area contributed by atoms with E-state index in [0.717, 1.165) is 12.5 Å². The number of allylic oxidation sites excluding steroid dienone is 1. The number of likely N-dealkylation sites (N-methyl/N-ethyl adjacent to an activating group) is 1. The first-order valence-corrected chi connectivity index (χ1v) is 4.92. The van der Waals surface area contributed by atoms with Crippen LogP contribution >= 0.6 is 0 Å². The first-order chi connectivity index (χ1) is 5.92. The molecule has 0 amide bonds. The Kier molecular flexibility index (Phi) is 2.35. The summed E-state index contributed by atoms with van der Waals surface area (Å²) in [6.07, 6.45) is 7.37. The molecule has 1 fully saturated rings. The van der Waals surface area contributed by atoms with Crippen LogP contribution in [-0.2, 0) is 4.74 Å². The van der Waals surface area contributed by atoms with Gasteiger partial charge in [-0.25, -0.2) is 0 Å². The molecule has 1 heterocycles. The smallest absolute Gasteiger partial charge is 0.109 e. The minimum atomic E-state index is 0.505. The lowest BCUT2D eigenvalue weighted by Crippen LogP contribution is -2.31. The van der Waals surface area contributed by atoms with E-state index in [1.165, 1.54) is 31.4 Å². The van der Waals surface area contributed by atoms with Crippen LogP contribution in [0.4, 0.5) is 0 Å². The summed E-state index contributed by atoms with van der Waals surface area (Å²) in [7, 11) is 2.03. The molecule has 1 atom stereocenters. The molecular weight excluding hydrogens is 150 g/mol. The predicted molar refractivity (Wildman–Crippen MR) is 48.8 cm³/mol.